The van der Waals surface area contributed by atoms with Crippen molar-refractivity contribution >= 4 is 11.9 Å². The van der Waals surface area contributed by atoms with Gasteiger partial charge in [0.1, 0.15) is 6.61 Å². The van der Waals surface area contributed by atoms with Crippen LogP contribution in [0.4, 0.5) is 0 Å². The molecule has 1 unspecified atom stereocenters. The second kappa shape index (κ2) is 47.7. The van der Waals surface area contributed by atoms with Gasteiger partial charge >= 0.3 is 11.9 Å². The first-order chi connectivity index (χ1) is 28.6. The Balaban J connectivity index is 4.49. The number of hydrogen-bond acceptors (Lipinski definition) is 5. The molecule has 0 fully saturated rings. The molecule has 0 rings (SSSR count). The van der Waals surface area contributed by atoms with Gasteiger partial charge in [0.2, 0.25) is 0 Å². The van der Waals surface area contributed by atoms with Crippen LogP contribution in [0.3, 0.4) is 0 Å². The summed E-state index contributed by atoms with van der Waals surface area (Å²) in [5, 5.41) is 0. The summed E-state index contributed by atoms with van der Waals surface area (Å²) in [6.07, 6.45) is 66.5. The van der Waals surface area contributed by atoms with Crippen molar-refractivity contribution in [1.82, 2.24) is 0 Å². The van der Waals surface area contributed by atoms with Gasteiger partial charge < -0.3 is 14.2 Å². The fourth-order valence-electron chi connectivity index (χ4n) is 5.63. The summed E-state index contributed by atoms with van der Waals surface area (Å²) in [5.41, 5.74) is 0. The predicted octanol–water partition coefficient (Wildman–Crippen LogP) is 15.4. The number of allylic oxidation sites excluding steroid dienone is 19. The van der Waals surface area contributed by atoms with E-state index >= 15 is 0 Å². The average molecular weight is 801 g/mol. The number of ether oxygens (including phenoxy) is 3. The van der Waals surface area contributed by atoms with E-state index in [9.17, 15) is 9.59 Å². The van der Waals surface area contributed by atoms with E-state index < -0.39 is 6.10 Å². The van der Waals surface area contributed by atoms with E-state index in [-0.39, 0.29) is 31.6 Å². The molecule has 0 saturated heterocycles. The molecule has 0 amide bonds. The Morgan fingerprint density at radius 3 is 1.33 bits per heavy atom. The molecule has 0 aliphatic heterocycles. The zero-order valence-corrected chi connectivity index (χ0v) is 37.3. The van der Waals surface area contributed by atoms with E-state index in [1.807, 2.05) is 12.2 Å². The van der Waals surface area contributed by atoms with E-state index in [1.54, 1.807) is 0 Å². The van der Waals surface area contributed by atoms with Gasteiger partial charge in [-0.15, -0.1) is 0 Å². The van der Waals surface area contributed by atoms with E-state index in [0.717, 1.165) is 103 Å². The number of carbonyl (C=O) groups excluding carboxylic acids is 2. The third-order valence-electron chi connectivity index (χ3n) is 8.98. The fourth-order valence-corrected chi connectivity index (χ4v) is 5.63. The third kappa shape index (κ3) is 45.0. The van der Waals surface area contributed by atoms with E-state index in [2.05, 4.69) is 130 Å². The van der Waals surface area contributed by atoms with Gasteiger partial charge in [0.05, 0.1) is 13.0 Å². The van der Waals surface area contributed by atoms with Crippen LogP contribution in [-0.2, 0) is 23.8 Å². The molecule has 5 nitrogen and oxygen atoms in total. The van der Waals surface area contributed by atoms with Crippen LogP contribution in [0.15, 0.2) is 122 Å². The van der Waals surface area contributed by atoms with Gasteiger partial charge in [-0.3, -0.25) is 9.59 Å². The molecule has 0 bridgehead atoms. The van der Waals surface area contributed by atoms with Gasteiger partial charge in [-0.2, -0.15) is 0 Å². The lowest BCUT2D eigenvalue weighted by Gasteiger charge is -2.18. The summed E-state index contributed by atoms with van der Waals surface area (Å²) in [6, 6.07) is 0. The van der Waals surface area contributed by atoms with Crippen LogP contribution < -0.4 is 0 Å². The maximum atomic E-state index is 12.7. The van der Waals surface area contributed by atoms with E-state index in [0.29, 0.717) is 13.0 Å². The maximum absolute atomic E-state index is 12.7. The summed E-state index contributed by atoms with van der Waals surface area (Å²) < 4.78 is 17.2. The first kappa shape index (κ1) is 54.3. The second-order valence-corrected chi connectivity index (χ2v) is 14.6. The molecular weight excluding hydrogens is 717 g/mol. The molecule has 0 saturated carbocycles. The van der Waals surface area contributed by atoms with Crippen molar-refractivity contribution in [1.29, 1.82) is 0 Å². The molecule has 0 aliphatic rings. The minimum Gasteiger partial charge on any atom is -0.461 e. The zero-order valence-electron chi connectivity index (χ0n) is 37.3. The summed E-state index contributed by atoms with van der Waals surface area (Å²) in [7, 11) is 0. The Kier molecular flexibility index (Phi) is 44.6. The summed E-state index contributed by atoms with van der Waals surface area (Å²) in [6.45, 7) is 7.34. The number of hydrogen-bond donors (Lipinski definition) is 0. The van der Waals surface area contributed by atoms with Crippen molar-refractivity contribution in [2.45, 2.75) is 181 Å². The van der Waals surface area contributed by atoms with E-state index in [4.69, 9.17) is 14.2 Å². The van der Waals surface area contributed by atoms with Crippen LogP contribution in [0.2, 0.25) is 0 Å². The average Bonchev–Trinajstić information content (AvgIpc) is 3.22. The van der Waals surface area contributed by atoms with Crippen LogP contribution in [0.5, 0.6) is 0 Å². The lowest BCUT2D eigenvalue weighted by atomic mass is 10.1. The SMILES string of the molecule is CC/C=C\C/C=C\C/C=C\C/C=C\C/C=C\CC(=O)OCC(COCCCCCCCC/C=C\C/C=C\CCC)OC(=O)CCCCC/C=C\C/C=C\C/C=C\CC. The molecule has 5 heteroatoms. The molecule has 326 valence electrons. The molecule has 0 aromatic carbocycles. The van der Waals surface area contributed by atoms with Crippen LogP contribution in [-0.4, -0.2) is 37.9 Å². The van der Waals surface area contributed by atoms with Crippen LogP contribution >= 0.6 is 0 Å². The van der Waals surface area contributed by atoms with Crippen molar-refractivity contribution in [3.63, 3.8) is 0 Å². The number of unbranched alkanes of at least 4 members (excludes halogenated alkanes) is 10. The van der Waals surface area contributed by atoms with Crippen molar-refractivity contribution in [3.05, 3.63) is 122 Å². The molecule has 0 heterocycles. The molecule has 58 heavy (non-hydrogen) atoms. The maximum Gasteiger partial charge on any atom is 0.309 e. The van der Waals surface area contributed by atoms with Crippen LogP contribution in [0.1, 0.15) is 175 Å². The monoisotopic (exact) mass is 801 g/mol. The molecule has 0 spiro atoms. The highest BCUT2D eigenvalue weighted by Crippen LogP contribution is 2.10. The second-order valence-electron chi connectivity index (χ2n) is 14.6. The van der Waals surface area contributed by atoms with Crippen molar-refractivity contribution < 1.29 is 23.8 Å². The standard InChI is InChI=1S/C53H84O5/c1-4-7-10-13-16-19-22-25-27-29-31-34-37-40-43-46-52(54)57-50-51(49-56-48-45-42-39-36-33-30-26-23-20-17-14-11-8-5-2)58-53(55)47-44-41-38-35-32-28-24-21-18-15-12-9-6-3/h7,9-12,14,16,18-21,23,25,27-28,31-32,34,40,43,51H,4-6,8,13,15,17,22,24,26,29-30,33,35-39,41-42,44-50H2,1-3H3/b10-7-,12-9-,14-11-,19-16-,21-18-,23-20-,27-25-,32-28-,34-31-,43-40-. The Hall–Kier alpha value is -3.70. The largest absolute Gasteiger partial charge is 0.461 e. The van der Waals surface area contributed by atoms with Crippen LogP contribution in [0.25, 0.3) is 0 Å². The highest BCUT2D eigenvalue weighted by molar-refractivity contribution is 5.71. The smallest absolute Gasteiger partial charge is 0.309 e. The first-order valence-electron chi connectivity index (χ1n) is 23.1. The Labute approximate surface area is 356 Å². The van der Waals surface area contributed by atoms with Gasteiger partial charge in [0.15, 0.2) is 6.10 Å². The minimum atomic E-state index is -0.603. The quantitative estimate of drug-likeness (QED) is 0.0351. The highest BCUT2D eigenvalue weighted by atomic mass is 16.6. The number of rotatable bonds is 40. The fraction of sp³-hybridized carbons (Fsp3) is 0.585. The molecule has 0 aromatic heterocycles. The molecule has 0 radical (unpaired) electrons. The van der Waals surface area contributed by atoms with Gasteiger partial charge in [0, 0.05) is 13.0 Å². The lowest BCUT2D eigenvalue weighted by molar-refractivity contribution is -0.162. The van der Waals surface area contributed by atoms with Crippen molar-refractivity contribution in [2.24, 2.45) is 0 Å². The molecule has 1 atom stereocenters. The Morgan fingerprint density at radius 1 is 0.414 bits per heavy atom. The highest BCUT2D eigenvalue weighted by Gasteiger charge is 2.17. The van der Waals surface area contributed by atoms with Gasteiger partial charge in [-0.25, -0.2) is 0 Å². The summed E-state index contributed by atoms with van der Waals surface area (Å²) in [5.74, 6) is -0.596. The van der Waals surface area contributed by atoms with Crippen LogP contribution in [0, 0.1) is 0 Å². The lowest BCUT2D eigenvalue weighted by Crippen LogP contribution is -2.30. The van der Waals surface area contributed by atoms with Gasteiger partial charge in [-0.1, -0.05) is 181 Å². The minimum absolute atomic E-state index is 0.00683. The summed E-state index contributed by atoms with van der Waals surface area (Å²) >= 11 is 0. The normalized spacial score (nSPS) is 13.4. The molecule has 0 aliphatic carbocycles. The van der Waals surface area contributed by atoms with Crippen molar-refractivity contribution in [3.8, 4) is 0 Å². The topological polar surface area (TPSA) is 61.8 Å². The number of esters is 2. The first-order valence-corrected chi connectivity index (χ1v) is 23.1. The molecule has 0 N–H and O–H groups in total. The predicted molar refractivity (Wildman–Crippen MR) is 251 cm³/mol. The third-order valence-corrected chi connectivity index (χ3v) is 8.98. The Morgan fingerprint density at radius 2 is 0.828 bits per heavy atom. The van der Waals surface area contributed by atoms with Gasteiger partial charge in [-0.05, 0) is 103 Å². The molecular formula is C53H84O5. The Bertz CT molecular complexity index is 1220. The summed E-state index contributed by atoms with van der Waals surface area (Å²) in [4.78, 5) is 25.2. The van der Waals surface area contributed by atoms with E-state index in [1.165, 1.54) is 38.5 Å². The number of carbonyl (C=O) groups is 2. The zero-order chi connectivity index (χ0) is 42.1. The van der Waals surface area contributed by atoms with Crippen molar-refractivity contribution in [2.75, 3.05) is 19.8 Å². The van der Waals surface area contributed by atoms with Gasteiger partial charge in [0.25, 0.3) is 0 Å². The molecule has 0 aromatic rings.